The van der Waals surface area contributed by atoms with E-state index < -0.39 is 10.0 Å². The summed E-state index contributed by atoms with van der Waals surface area (Å²) in [5.74, 6) is 0.828. The van der Waals surface area contributed by atoms with Crippen molar-refractivity contribution < 1.29 is 8.42 Å². The molecule has 0 amide bonds. The van der Waals surface area contributed by atoms with Crippen molar-refractivity contribution in [3.63, 3.8) is 0 Å². The summed E-state index contributed by atoms with van der Waals surface area (Å²) in [5.41, 5.74) is 2.93. The predicted molar refractivity (Wildman–Crippen MR) is 112 cm³/mol. The van der Waals surface area contributed by atoms with Crippen LogP contribution in [0.15, 0.2) is 58.6 Å². The molecule has 0 bridgehead atoms. The van der Waals surface area contributed by atoms with Crippen molar-refractivity contribution in [3.05, 3.63) is 54.1 Å². The third-order valence-electron chi connectivity index (χ3n) is 4.55. The van der Waals surface area contributed by atoms with Crippen LogP contribution in [0, 0.1) is 0 Å². The van der Waals surface area contributed by atoms with Gasteiger partial charge in [0, 0.05) is 25.4 Å². The van der Waals surface area contributed by atoms with E-state index in [1.54, 1.807) is 23.9 Å². The lowest BCUT2D eigenvalue weighted by Gasteiger charge is -2.18. The molecule has 1 heterocycles. The van der Waals surface area contributed by atoms with Crippen LogP contribution in [0.3, 0.4) is 0 Å². The van der Waals surface area contributed by atoms with Crippen LogP contribution in [0.1, 0.15) is 26.3 Å². The monoisotopic (exact) mass is 403 g/mol. The number of hydrogen-bond donors (Lipinski definition) is 0. The first-order valence-corrected chi connectivity index (χ1v) is 11.6. The Kier molecular flexibility index (Phi) is 6.24. The number of aromatic nitrogens is 2. The number of nitrogens with zero attached hydrogens (tertiary/aromatic N) is 3. The van der Waals surface area contributed by atoms with Gasteiger partial charge in [0.1, 0.15) is 0 Å². The summed E-state index contributed by atoms with van der Waals surface area (Å²) in [6.45, 7) is 7.48. The molecule has 2 aromatic carbocycles. The van der Waals surface area contributed by atoms with Gasteiger partial charge in [-0.25, -0.2) is 13.4 Å². The summed E-state index contributed by atoms with van der Waals surface area (Å²) < 4.78 is 29.2. The van der Waals surface area contributed by atoms with Crippen molar-refractivity contribution >= 4 is 32.8 Å². The Morgan fingerprint density at radius 1 is 1.04 bits per heavy atom. The third-order valence-corrected chi connectivity index (χ3v) is 7.65. The van der Waals surface area contributed by atoms with E-state index in [9.17, 15) is 8.42 Å². The van der Waals surface area contributed by atoms with Gasteiger partial charge >= 0.3 is 0 Å². The minimum absolute atomic E-state index is 0.305. The lowest BCUT2D eigenvalue weighted by Crippen LogP contribution is -2.30. The van der Waals surface area contributed by atoms with E-state index in [1.165, 1.54) is 9.87 Å². The molecule has 0 unspecified atom stereocenters. The van der Waals surface area contributed by atoms with Gasteiger partial charge < -0.3 is 4.57 Å². The Bertz CT molecular complexity index is 1010. The number of thioether (sulfide) groups is 1. The molecule has 0 aliphatic heterocycles. The lowest BCUT2D eigenvalue weighted by molar-refractivity contribution is 0.445. The van der Waals surface area contributed by atoms with Gasteiger partial charge in [-0.05, 0) is 30.7 Å². The second-order valence-corrected chi connectivity index (χ2v) is 9.03. The minimum atomic E-state index is -3.48. The molecule has 0 spiro atoms. The Hall–Kier alpha value is -1.83. The maximum absolute atomic E-state index is 12.8. The Morgan fingerprint density at radius 3 is 2.37 bits per heavy atom. The number of aryl methyl sites for hydroxylation is 1. The first-order chi connectivity index (χ1) is 13.0. The van der Waals surface area contributed by atoms with Crippen molar-refractivity contribution in [3.8, 4) is 0 Å². The van der Waals surface area contributed by atoms with E-state index in [1.807, 2.05) is 38.1 Å². The number of hydrogen-bond acceptors (Lipinski definition) is 4. The van der Waals surface area contributed by atoms with Crippen molar-refractivity contribution in [2.45, 2.75) is 43.1 Å². The number of sulfonamides is 1. The number of fused-ring (bicyclic) bond motifs is 1. The summed E-state index contributed by atoms with van der Waals surface area (Å²) in [6.07, 6.45) is 0. The molecule has 0 radical (unpaired) electrons. The van der Waals surface area contributed by atoms with Gasteiger partial charge in [0.05, 0.1) is 15.9 Å². The minimum Gasteiger partial charge on any atom is -0.319 e. The number of rotatable bonds is 8. The molecular formula is C20H25N3O2S2. The average Bonchev–Trinajstić information content (AvgIpc) is 3.04. The summed E-state index contributed by atoms with van der Waals surface area (Å²) in [7, 11) is -3.48. The Morgan fingerprint density at radius 2 is 1.74 bits per heavy atom. The van der Waals surface area contributed by atoms with Gasteiger partial charge in [0.15, 0.2) is 5.16 Å². The number of benzene rings is 2. The SMILES string of the molecule is CCN(CC)S(=O)(=O)c1ccc2c(c1)nc(SCc1ccccc1)n2CC. The first-order valence-electron chi connectivity index (χ1n) is 9.18. The lowest BCUT2D eigenvalue weighted by atomic mass is 10.2. The fraction of sp³-hybridized carbons (Fsp3) is 0.350. The molecule has 0 fully saturated rings. The first kappa shape index (κ1) is 19.9. The molecule has 0 aliphatic rings. The van der Waals surface area contributed by atoms with Crippen LogP contribution in [0.4, 0.5) is 0 Å². The summed E-state index contributed by atoms with van der Waals surface area (Å²) in [4.78, 5) is 5.03. The van der Waals surface area contributed by atoms with Crippen LogP contribution in [-0.4, -0.2) is 35.4 Å². The summed E-state index contributed by atoms with van der Waals surface area (Å²) in [5, 5.41) is 0.911. The second kappa shape index (κ2) is 8.46. The maximum atomic E-state index is 12.8. The van der Waals surface area contributed by atoms with Gasteiger partial charge in [0.25, 0.3) is 0 Å². The van der Waals surface area contributed by atoms with Gasteiger partial charge in [-0.2, -0.15) is 4.31 Å². The van der Waals surface area contributed by atoms with Crippen molar-refractivity contribution in [1.29, 1.82) is 0 Å². The quantitative estimate of drug-likeness (QED) is 0.524. The molecule has 1 aromatic heterocycles. The average molecular weight is 404 g/mol. The molecule has 0 saturated heterocycles. The highest BCUT2D eigenvalue weighted by Crippen LogP contribution is 2.29. The maximum Gasteiger partial charge on any atom is 0.243 e. The van der Waals surface area contributed by atoms with Gasteiger partial charge in [-0.1, -0.05) is 55.9 Å². The van der Waals surface area contributed by atoms with Crippen LogP contribution in [0.5, 0.6) is 0 Å². The second-order valence-electron chi connectivity index (χ2n) is 6.15. The molecule has 5 nitrogen and oxygen atoms in total. The third kappa shape index (κ3) is 4.05. The van der Waals surface area contributed by atoms with Crippen molar-refractivity contribution in [2.75, 3.05) is 13.1 Å². The van der Waals surface area contributed by atoms with Gasteiger partial charge in [0.2, 0.25) is 10.0 Å². The highest BCUT2D eigenvalue weighted by Gasteiger charge is 2.23. The molecule has 3 aromatic rings. The molecule has 27 heavy (non-hydrogen) atoms. The molecule has 0 N–H and O–H groups in total. The number of imidazole rings is 1. The van der Waals surface area contributed by atoms with E-state index in [0.717, 1.165) is 28.5 Å². The molecule has 0 aliphatic carbocycles. The van der Waals surface area contributed by atoms with Gasteiger partial charge in [-0.15, -0.1) is 0 Å². The van der Waals surface area contributed by atoms with Gasteiger partial charge in [-0.3, -0.25) is 0 Å². The Labute approximate surface area is 165 Å². The summed E-state index contributed by atoms with van der Waals surface area (Å²) >= 11 is 1.67. The van der Waals surface area contributed by atoms with Crippen molar-refractivity contribution in [2.24, 2.45) is 0 Å². The van der Waals surface area contributed by atoms with E-state index in [0.29, 0.717) is 18.0 Å². The molecule has 144 valence electrons. The van der Waals surface area contributed by atoms with Crippen LogP contribution >= 0.6 is 11.8 Å². The van der Waals surface area contributed by atoms with E-state index >= 15 is 0 Å². The van der Waals surface area contributed by atoms with E-state index in [4.69, 9.17) is 4.98 Å². The highest BCUT2D eigenvalue weighted by molar-refractivity contribution is 7.98. The molecule has 0 atom stereocenters. The van der Waals surface area contributed by atoms with Crippen LogP contribution < -0.4 is 0 Å². The Balaban J connectivity index is 1.95. The molecular weight excluding hydrogens is 378 g/mol. The van der Waals surface area contributed by atoms with Crippen molar-refractivity contribution in [1.82, 2.24) is 13.9 Å². The molecule has 3 rings (SSSR count). The fourth-order valence-electron chi connectivity index (χ4n) is 3.10. The smallest absolute Gasteiger partial charge is 0.243 e. The molecule has 0 saturated carbocycles. The van der Waals surface area contributed by atoms with Crippen LogP contribution in [0.25, 0.3) is 11.0 Å². The fourth-order valence-corrected chi connectivity index (χ4v) is 5.61. The van der Waals surface area contributed by atoms with Crippen LogP contribution in [-0.2, 0) is 22.3 Å². The zero-order valence-corrected chi connectivity index (χ0v) is 17.6. The van der Waals surface area contributed by atoms with E-state index in [2.05, 4.69) is 23.6 Å². The normalized spacial score (nSPS) is 12.1. The zero-order valence-electron chi connectivity index (χ0n) is 15.9. The van der Waals surface area contributed by atoms with Crippen LogP contribution in [0.2, 0.25) is 0 Å². The largest absolute Gasteiger partial charge is 0.319 e. The zero-order chi connectivity index (χ0) is 19.4. The molecule has 7 heteroatoms. The van der Waals surface area contributed by atoms with E-state index in [-0.39, 0.29) is 0 Å². The summed E-state index contributed by atoms with van der Waals surface area (Å²) in [6, 6.07) is 15.5. The predicted octanol–water partition coefficient (Wildman–Crippen LogP) is 4.38. The topological polar surface area (TPSA) is 55.2 Å². The highest BCUT2D eigenvalue weighted by atomic mass is 32.2. The standard InChI is InChI=1S/C20H25N3O2S2/c1-4-22(5-2)27(24,25)17-12-13-19-18(14-17)21-20(23(19)6-3)26-15-16-10-8-7-9-11-16/h7-14H,4-6,15H2,1-3H3.